The smallest absolute Gasteiger partial charge is 0.166 e. The Labute approximate surface area is 159 Å². The molecule has 1 aliphatic heterocycles. The van der Waals surface area contributed by atoms with E-state index >= 15 is 0 Å². The summed E-state index contributed by atoms with van der Waals surface area (Å²) in [5, 5.41) is 30.2. The van der Waals surface area contributed by atoms with Gasteiger partial charge in [-0.1, -0.05) is 41.6 Å². The largest absolute Gasteiger partial charge is 0.394 e. The summed E-state index contributed by atoms with van der Waals surface area (Å²) < 4.78 is 7.14. The van der Waals surface area contributed by atoms with Gasteiger partial charge < -0.3 is 20.1 Å². The quantitative estimate of drug-likeness (QED) is 0.439. The van der Waals surface area contributed by atoms with Crippen LogP contribution in [-0.4, -0.2) is 59.8 Å². The summed E-state index contributed by atoms with van der Waals surface area (Å²) in [5.74, 6) is 0.743. The van der Waals surface area contributed by atoms with Crippen molar-refractivity contribution in [3.63, 3.8) is 0 Å². The van der Waals surface area contributed by atoms with E-state index in [0.29, 0.717) is 11.2 Å². The molecule has 0 aliphatic carbocycles. The molecule has 0 bridgehead atoms. The van der Waals surface area contributed by atoms with Crippen LogP contribution in [0.15, 0.2) is 41.9 Å². The summed E-state index contributed by atoms with van der Waals surface area (Å²) in [6.07, 6.45) is -1.12. The lowest BCUT2D eigenvalue weighted by atomic mass is 10.1. The topological polar surface area (TPSA) is 114 Å². The molecule has 0 amide bonds. The lowest BCUT2D eigenvalue weighted by molar-refractivity contribution is -0.0511. The molecule has 9 heteroatoms. The molecule has 4 rings (SSSR count). The van der Waals surface area contributed by atoms with E-state index in [1.807, 2.05) is 0 Å². The minimum atomic E-state index is -1.18. The van der Waals surface area contributed by atoms with Gasteiger partial charge in [-0.15, -0.1) is 0 Å². The van der Waals surface area contributed by atoms with Crippen molar-refractivity contribution in [2.75, 3.05) is 6.61 Å². The summed E-state index contributed by atoms with van der Waals surface area (Å²) in [6.45, 7) is 1.67. The number of hydrogen-bond acceptors (Lipinski definition) is 8. The van der Waals surface area contributed by atoms with Crippen LogP contribution in [0, 0.1) is 6.92 Å². The maximum Gasteiger partial charge on any atom is 0.166 e. The van der Waals surface area contributed by atoms with Crippen LogP contribution in [0.4, 0.5) is 0 Å². The second kappa shape index (κ2) is 7.53. The molecule has 0 saturated carbocycles. The zero-order valence-corrected chi connectivity index (χ0v) is 15.5. The molecule has 1 aliphatic rings. The van der Waals surface area contributed by atoms with E-state index in [-0.39, 0.29) is 6.61 Å². The van der Waals surface area contributed by atoms with Crippen molar-refractivity contribution >= 4 is 22.9 Å². The highest BCUT2D eigenvalue weighted by molar-refractivity contribution is 7.98. The first-order valence-electron chi connectivity index (χ1n) is 8.57. The fraction of sp³-hybridized carbons (Fsp3) is 0.389. The van der Waals surface area contributed by atoms with Gasteiger partial charge in [0.15, 0.2) is 11.9 Å². The van der Waals surface area contributed by atoms with Gasteiger partial charge in [-0.05, 0) is 12.5 Å². The maximum absolute atomic E-state index is 10.3. The van der Waals surface area contributed by atoms with E-state index in [0.717, 1.165) is 10.8 Å². The van der Waals surface area contributed by atoms with Gasteiger partial charge in [0, 0.05) is 5.75 Å². The molecular formula is C18H20N4O4S. The molecule has 8 nitrogen and oxygen atoms in total. The van der Waals surface area contributed by atoms with Crippen molar-refractivity contribution in [2.45, 2.75) is 42.2 Å². The zero-order chi connectivity index (χ0) is 19.0. The molecular weight excluding hydrogens is 368 g/mol. The highest BCUT2D eigenvalue weighted by atomic mass is 32.2. The third kappa shape index (κ3) is 3.44. The number of nitrogens with zero attached hydrogens (tertiary/aromatic N) is 4. The normalized spacial score (nSPS) is 25.3. The molecule has 27 heavy (non-hydrogen) atoms. The summed E-state index contributed by atoms with van der Waals surface area (Å²) in [4.78, 5) is 13.0. The predicted octanol–water partition coefficient (Wildman–Crippen LogP) is 1.04. The summed E-state index contributed by atoms with van der Waals surface area (Å²) in [5.41, 5.74) is 3.50. The number of aryl methyl sites for hydroxylation is 1. The number of aliphatic hydroxyl groups is 3. The first-order chi connectivity index (χ1) is 13.1. The summed E-state index contributed by atoms with van der Waals surface area (Å²) >= 11 is 1.55. The minimum Gasteiger partial charge on any atom is -0.394 e. The van der Waals surface area contributed by atoms with Crippen LogP contribution in [0.25, 0.3) is 11.2 Å². The molecule has 1 aromatic carbocycles. The number of fused-ring (bicyclic) bond motifs is 1. The van der Waals surface area contributed by atoms with Gasteiger partial charge in [0.1, 0.15) is 35.2 Å². The van der Waals surface area contributed by atoms with Gasteiger partial charge in [0.2, 0.25) is 0 Å². The van der Waals surface area contributed by atoms with Gasteiger partial charge in [-0.3, -0.25) is 4.57 Å². The lowest BCUT2D eigenvalue weighted by Gasteiger charge is -2.16. The van der Waals surface area contributed by atoms with Crippen LogP contribution >= 0.6 is 11.8 Å². The van der Waals surface area contributed by atoms with E-state index in [9.17, 15) is 15.3 Å². The Morgan fingerprint density at radius 2 is 1.89 bits per heavy atom. The Morgan fingerprint density at radius 1 is 1.11 bits per heavy atom. The number of aromatic nitrogens is 4. The number of hydrogen-bond donors (Lipinski definition) is 3. The molecule has 2 unspecified atom stereocenters. The number of aliphatic hydroxyl groups excluding tert-OH is 3. The second-order valence-electron chi connectivity index (χ2n) is 6.51. The maximum atomic E-state index is 10.3. The van der Waals surface area contributed by atoms with E-state index in [2.05, 4.69) is 46.1 Å². The first-order valence-corrected chi connectivity index (χ1v) is 9.55. The Kier molecular flexibility index (Phi) is 5.11. The average Bonchev–Trinajstić information content (AvgIpc) is 3.23. The number of ether oxygens (including phenoxy) is 1. The predicted molar refractivity (Wildman–Crippen MR) is 99.1 cm³/mol. The number of imidazole rings is 1. The SMILES string of the molecule is Cc1ccc(CSc2ncnc3c2ncn3[C@@H]2O[C@H](CO)C(O)C2O)cc1. The van der Waals surface area contributed by atoms with Gasteiger partial charge >= 0.3 is 0 Å². The number of rotatable bonds is 5. The fourth-order valence-electron chi connectivity index (χ4n) is 3.07. The minimum absolute atomic E-state index is 0.381. The highest BCUT2D eigenvalue weighted by Gasteiger charge is 2.44. The Bertz CT molecular complexity index is 933. The van der Waals surface area contributed by atoms with Crippen molar-refractivity contribution in [1.82, 2.24) is 19.5 Å². The van der Waals surface area contributed by atoms with Crippen LogP contribution in [0.3, 0.4) is 0 Å². The van der Waals surface area contributed by atoms with Crippen molar-refractivity contribution in [2.24, 2.45) is 0 Å². The lowest BCUT2D eigenvalue weighted by Crippen LogP contribution is -2.33. The zero-order valence-electron chi connectivity index (χ0n) is 14.6. The standard InChI is InChI=1S/C18H20N4O4S/c1-10-2-4-11(5-3-10)7-27-17-13-16(19-8-20-17)22(9-21-13)18-15(25)14(24)12(6-23)26-18/h2-5,8-9,12,14-15,18,23-25H,6-7H2,1H3/t12-,14?,15?,18-/m1/s1. The van der Waals surface area contributed by atoms with Gasteiger partial charge in [0.25, 0.3) is 0 Å². The third-order valence-electron chi connectivity index (χ3n) is 4.61. The molecule has 0 spiro atoms. The van der Waals surface area contributed by atoms with E-state index in [4.69, 9.17) is 4.74 Å². The van der Waals surface area contributed by atoms with Gasteiger partial charge in [-0.2, -0.15) is 0 Å². The van der Waals surface area contributed by atoms with Crippen LogP contribution < -0.4 is 0 Å². The Hall–Kier alpha value is -2.04. The molecule has 3 aromatic rings. The molecule has 3 heterocycles. The second-order valence-corrected chi connectivity index (χ2v) is 7.47. The van der Waals surface area contributed by atoms with E-state index < -0.39 is 24.5 Å². The number of benzene rings is 1. The van der Waals surface area contributed by atoms with Crippen LogP contribution in [0.5, 0.6) is 0 Å². The van der Waals surface area contributed by atoms with Crippen LogP contribution in [0.1, 0.15) is 17.4 Å². The van der Waals surface area contributed by atoms with Crippen molar-refractivity contribution < 1.29 is 20.1 Å². The van der Waals surface area contributed by atoms with Crippen LogP contribution in [0.2, 0.25) is 0 Å². The molecule has 1 fully saturated rings. The first kappa shape index (κ1) is 18.3. The molecule has 2 aromatic heterocycles. The summed E-state index contributed by atoms with van der Waals surface area (Å²) in [6, 6.07) is 8.31. The van der Waals surface area contributed by atoms with Crippen molar-refractivity contribution in [3.05, 3.63) is 48.0 Å². The highest BCUT2D eigenvalue weighted by Crippen LogP contribution is 2.33. The third-order valence-corrected chi connectivity index (χ3v) is 5.66. The molecule has 3 N–H and O–H groups in total. The average molecular weight is 388 g/mol. The molecule has 0 radical (unpaired) electrons. The Balaban J connectivity index is 1.59. The van der Waals surface area contributed by atoms with Crippen LogP contribution in [-0.2, 0) is 10.5 Å². The van der Waals surface area contributed by atoms with Gasteiger partial charge in [-0.25, -0.2) is 15.0 Å². The monoisotopic (exact) mass is 388 g/mol. The van der Waals surface area contributed by atoms with E-state index in [1.54, 1.807) is 16.3 Å². The molecule has 142 valence electrons. The summed E-state index contributed by atoms with van der Waals surface area (Å²) in [7, 11) is 0. The number of thioether (sulfide) groups is 1. The van der Waals surface area contributed by atoms with Crippen molar-refractivity contribution in [3.8, 4) is 0 Å². The molecule has 4 atom stereocenters. The fourth-order valence-corrected chi connectivity index (χ4v) is 3.97. The Morgan fingerprint density at radius 3 is 2.59 bits per heavy atom. The van der Waals surface area contributed by atoms with Crippen molar-refractivity contribution in [1.29, 1.82) is 0 Å². The van der Waals surface area contributed by atoms with Gasteiger partial charge in [0.05, 0.1) is 12.9 Å². The van der Waals surface area contributed by atoms with E-state index in [1.165, 1.54) is 23.8 Å². The molecule has 1 saturated heterocycles.